The van der Waals surface area contributed by atoms with Crippen molar-refractivity contribution in [3.05, 3.63) is 127 Å². The zero-order valence-corrected chi connectivity index (χ0v) is 28.2. The van der Waals surface area contributed by atoms with E-state index < -0.39 is 21.7 Å². The predicted molar refractivity (Wildman–Crippen MR) is 192 cm³/mol. The second-order valence-corrected chi connectivity index (χ2v) is 15.2. The lowest BCUT2D eigenvalue weighted by Crippen LogP contribution is -2.14. The predicted octanol–water partition coefficient (Wildman–Crippen LogP) is 7.35. The van der Waals surface area contributed by atoms with Gasteiger partial charge in [0.2, 0.25) is 9.84 Å². The normalized spacial score (nSPS) is 11.2. The van der Waals surface area contributed by atoms with E-state index in [1.807, 2.05) is 60.7 Å². The number of anilines is 4. The third kappa shape index (κ3) is 6.39. The Labute approximate surface area is 287 Å². The first-order chi connectivity index (χ1) is 22.5. The lowest BCUT2D eigenvalue weighted by molar-refractivity contribution is 0.102. The first-order valence-electron chi connectivity index (χ1n) is 13.8. The highest BCUT2D eigenvalue weighted by molar-refractivity contribution is 7.91. The Morgan fingerprint density at radius 1 is 0.574 bits per heavy atom. The van der Waals surface area contributed by atoms with Crippen LogP contribution in [0, 0.1) is 7.91 Å². The second kappa shape index (κ2) is 13.1. The van der Waals surface area contributed by atoms with E-state index in [2.05, 4.69) is 10.6 Å². The molecule has 0 unspecified atom stereocenters. The van der Waals surface area contributed by atoms with Crippen LogP contribution < -0.4 is 22.1 Å². The molecule has 0 bridgehead atoms. The van der Waals surface area contributed by atoms with Gasteiger partial charge in [-0.05, 0) is 97.2 Å². The summed E-state index contributed by atoms with van der Waals surface area (Å²) in [5.41, 5.74) is 14.8. The number of amides is 2. The molecular formula is C32H24N6O4S5. The van der Waals surface area contributed by atoms with E-state index in [9.17, 15) is 18.0 Å². The number of thiazole rings is 2. The van der Waals surface area contributed by atoms with Crippen molar-refractivity contribution in [2.75, 3.05) is 22.1 Å². The molecule has 2 aromatic heterocycles. The van der Waals surface area contributed by atoms with Crippen LogP contribution in [0.4, 0.5) is 23.0 Å². The van der Waals surface area contributed by atoms with Crippen molar-refractivity contribution in [1.82, 2.24) is 9.13 Å². The van der Waals surface area contributed by atoms with E-state index in [1.165, 1.54) is 48.5 Å². The fraction of sp³-hybridized carbons (Fsp3) is 0. The number of benzene rings is 4. The molecule has 0 aliphatic carbocycles. The van der Waals surface area contributed by atoms with E-state index in [0.717, 1.165) is 34.0 Å². The van der Waals surface area contributed by atoms with Gasteiger partial charge in [0.1, 0.15) is 21.4 Å². The zero-order chi connectivity index (χ0) is 33.3. The Morgan fingerprint density at radius 2 is 0.915 bits per heavy atom. The maximum atomic E-state index is 13.3. The van der Waals surface area contributed by atoms with Crippen molar-refractivity contribution >= 4 is 91.8 Å². The Kier molecular flexibility index (Phi) is 8.90. The number of nitrogen functional groups attached to an aromatic ring is 2. The summed E-state index contributed by atoms with van der Waals surface area (Å²) in [6.45, 7) is 0. The van der Waals surface area contributed by atoms with Crippen LogP contribution in [0.2, 0.25) is 0 Å². The van der Waals surface area contributed by atoms with Gasteiger partial charge in [0.15, 0.2) is 7.91 Å². The van der Waals surface area contributed by atoms with Crippen LogP contribution >= 0.6 is 47.1 Å². The SMILES string of the molecule is Nc1c(C(=O)Nc2ccc(S(=O)(=O)c3ccc(NC(=O)c4sc(=S)n(-c5ccccc5)c4N)cc3)cc2)sc(=S)n1-c1ccccc1. The van der Waals surface area contributed by atoms with Gasteiger partial charge in [-0.15, -0.1) is 0 Å². The van der Waals surface area contributed by atoms with Crippen molar-refractivity contribution in [3.63, 3.8) is 0 Å². The number of aromatic nitrogens is 2. The lowest BCUT2D eigenvalue weighted by Gasteiger charge is -2.10. The minimum absolute atomic E-state index is 0.0208. The van der Waals surface area contributed by atoms with E-state index in [0.29, 0.717) is 19.3 Å². The molecule has 236 valence electrons. The summed E-state index contributed by atoms with van der Waals surface area (Å²) >= 11 is 13.0. The molecule has 0 saturated heterocycles. The Hall–Kier alpha value is -4.93. The van der Waals surface area contributed by atoms with Crippen LogP contribution in [0.1, 0.15) is 19.3 Å². The van der Waals surface area contributed by atoms with Gasteiger partial charge < -0.3 is 22.1 Å². The number of nitrogens with two attached hydrogens (primary N) is 2. The number of nitrogens with zero attached hydrogens (tertiary/aromatic N) is 2. The van der Waals surface area contributed by atoms with Crippen molar-refractivity contribution in [2.24, 2.45) is 0 Å². The quantitative estimate of drug-likeness (QED) is 0.119. The van der Waals surface area contributed by atoms with Gasteiger partial charge in [-0.3, -0.25) is 18.7 Å². The smallest absolute Gasteiger partial charge is 0.269 e. The molecule has 0 saturated carbocycles. The number of hydrogen-bond donors (Lipinski definition) is 4. The summed E-state index contributed by atoms with van der Waals surface area (Å²) < 4.78 is 30.8. The highest BCUT2D eigenvalue weighted by atomic mass is 32.2. The highest BCUT2D eigenvalue weighted by Crippen LogP contribution is 2.30. The maximum Gasteiger partial charge on any atom is 0.269 e. The van der Waals surface area contributed by atoms with Gasteiger partial charge in [0.05, 0.1) is 9.79 Å². The number of carbonyl (C=O) groups excluding carboxylic acids is 2. The number of rotatable bonds is 8. The van der Waals surface area contributed by atoms with E-state index >= 15 is 0 Å². The molecule has 15 heteroatoms. The summed E-state index contributed by atoms with van der Waals surface area (Å²) in [7, 11) is -3.91. The fourth-order valence-corrected chi connectivity index (χ4v) is 8.47. The van der Waals surface area contributed by atoms with Gasteiger partial charge in [0, 0.05) is 22.7 Å². The molecule has 47 heavy (non-hydrogen) atoms. The van der Waals surface area contributed by atoms with E-state index in [4.69, 9.17) is 35.9 Å². The third-order valence-electron chi connectivity index (χ3n) is 6.98. The highest BCUT2D eigenvalue weighted by Gasteiger charge is 2.22. The second-order valence-electron chi connectivity index (χ2n) is 9.97. The molecule has 6 aromatic rings. The molecule has 0 aliphatic rings. The summed E-state index contributed by atoms with van der Waals surface area (Å²) in [5.74, 6) is -0.515. The van der Waals surface area contributed by atoms with Gasteiger partial charge >= 0.3 is 0 Å². The first-order valence-corrected chi connectivity index (χ1v) is 17.7. The molecular weight excluding hydrogens is 693 g/mol. The zero-order valence-electron chi connectivity index (χ0n) is 24.1. The van der Waals surface area contributed by atoms with Crippen molar-refractivity contribution in [1.29, 1.82) is 0 Å². The van der Waals surface area contributed by atoms with Crippen LogP contribution in [-0.4, -0.2) is 29.4 Å². The molecule has 0 fully saturated rings. The Balaban J connectivity index is 1.14. The van der Waals surface area contributed by atoms with Crippen LogP contribution in [0.5, 0.6) is 0 Å². The monoisotopic (exact) mass is 716 g/mol. The van der Waals surface area contributed by atoms with Crippen LogP contribution in [0.25, 0.3) is 11.4 Å². The van der Waals surface area contributed by atoms with Crippen LogP contribution in [-0.2, 0) is 9.84 Å². The van der Waals surface area contributed by atoms with E-state index in [-0.39, 0.29) is 31.2 Å². The molecule has 0 radical (unpaired) electrons. The Morgan fingerprint density at radius 3 is 1.26 bits per heavy atom. The number of para-hydroxylation sites is 2. The van der Waals surface area contributed by atoms with Crippen LogP contribution in [0.15, 0.2) is 119 Å². The Bertz CT molecular complexity index is 2180. The van der Waals surface area contributed by atoms with Gasteiger partial charge in [-0.1, -0.05) is 59.1 Å². The largest absolute Gasteiger partial charge is 0.383 e. The van der Waals surface area contributed by atoms with Crippen LogP contribution in [0.3, 0.4) is 0 Å². The van der Waals surface area contributed by atoms with Crippen molar-refractivity contribution < 1.29 is 18.0 Å². The number of hydrogen-bond acceptors (Lipinski definition) is 10. The molecule has 10 nitrogen and oxygen atoms in total. The van der Waals surface area contributed by atoms with Crippen molar-refractivity contribution in [2.45, 2.75) is 9.79 Å². The number of nitrogens with one attached hydrogen (secondary N) is 2. The topological polar surface area (TPSA) is 154 Å². The standard InChI is InChI=1S/C32H24N6O4S5/c33-27-25(45-31(43)37(27)21-7-3-1-4-8-21)29(39)35-19-11-15-23(16-12-19)47(41,42)24-17-13-20(14-18-24)36-30(40)26-28(34)38(32(44)46-26)22-9-5-2-6-10-22/h1-18H,33-34H2,(H,35,39)(H,36,40). The number of carbonyl (C=O) groups is 2. The molecule has 6 rings (SSSR count). The lowest BCUT2D eigenvalue weighted by atomic mass is 10.3. The average molecular weight is 717 g/mol. The summed E-state index contributed by atoms with van der Waals surface area (Å²) in [6.07, 6.45) is 0. The maximum absolute atomic E-state index is 13.3. The van der Waals surface area contributed by atoms with Gasteiger partial charge in [-0.25, -0.2) is 8.42 Å². The minimum atomic E-state index is -3.91. The summed E-state index contributed by atoms with van der Waals surface area (Å²) in [6, 6.07) is 30.0. The average Bonchev–Trinajstić information content (AvgIpc) is 3.55. The van der Waals surface area contributed by atoms with Gasteiger partial charge in [0.25, 0.3) is 11.8 Å². The minimum Gasteiger partial charge on any atom is -0.383 e. The fourth-order valence-electron chi connectivity index (χ4n) is 4.69. The molecule has 0 atom stereocenters. The third-order valence-corrected chi connectivity index (χ3v) is 11.5. The van der Waals surface area contributed by atoms with Gasteiger partial charge in [-0.2, -0.15) is 0 Å². The molecule has 4 aromatic carbocycles. The number of sulfone groups is 1. The molecule has 2 amide bonds. The molecule has 0 aliphatic heterocycles. The molecule has 2 heterocycles. The summed E-state index contributed by atoms with van der Waals surface area (Å²) in [5, 5.41) is 5.49. The van der Waals surface area contributed by atoms with E-state index in [1.54, 1.807) is 9.13 Å². The molecule has 0 spiro atoms. The van der Waals surface area contributed by atoms with Crippen molar-refractivity contribution in [3.8, 4) is 11.4 Å². The summed E-state index contributed by atoms with van der Waals surface area (Å²) in [4.78, 5) is 26.6. The molecule has 6 N–H and O–H groups in total. The first kappa shape index (κ1) is 32.0.